The molecule has 0 saturated carbocycles. The number of hydrogen-bond donors (Lipinski definition) is 1. The van der Waals surface area contributed by atoms with Crippen LogP contribution in [-0.2, 0) is 6.18 Å². The first-order chi connectivity index (χ1) is 11.9. The van der Waals surface area contributed by atoms with Gasteiger partial charge in [-0.2, -0.15) is 13.2 Å². The number of hydrogen-bond acceptors (Lipinski definition) is 5. The Balaban J connectivity index is 1.54. The zero-order valence-electron chi connectivity index (χ0n) is 13.2. The summed E-state index contributed by atoms with van der Waals surface area (Å²) < 4.78 is 37.7. The van der Waals surface area contributed by atoms with Gasteiger partial charge in [-0.3, -0.25) is 4.79 Å². The van der Waals surface area contributed by atoms with Gasteiger partial charge < -0.3 is 10.2 Å². The van der Waals surface area contributed by atoms with Gasteiger partial charge in [0.25, 0.3) is 5.91 Å². The SMILES string of the molecule is O=C(NC1CCN(c2ccc(C(F)(F)F)cn2)CC1)c1ccncn1. The van der Waals surface area contributed by atoms with Crippen molar-refractivity contribution in [2.45, 2.75) is 25.1 Å². The normalized spacial score (nSPS) is 15.9. The maximum Gasteiger partial charge on any atom is 0.417 e. The van der Waals surface area contributed by atoms with Gasteiger partial charge in [-0.15, -0.1) is 0 Å². The Morgan fingerprint density at radius 3 is 2.48 bits per heavy atom. The van der Waals surface area contributed by atoms with Gasteiger partial charge in [-0.25, -0.2) is 15.0 Å². The fourth-order valence-electron chi connectivity index (χ4n) is 2.68. The molecule has 3 heterocycles. The minimum absolute atomic E-state index is 0.00633. The van der Waals surface area contributed by atoms with E-state index in [-0.39, 0.29) is 11.9 Å². The van der Waals surface area contributed by atoms with Crippen LogP contribution in [0.15, 0.2) is 36.9 Å². The van der Waals surface area contributed by atoms with Crippen molar-refractivity contribution in [2.24, 2.45) is 0 Å². The molecule has 25 heavy (non-hydrogen) atoms. The molecule has 9 heteroatoms. The number of carbonyl (C=O) groups is 1. The Morgan fingerprint density at radius 1 is 1.16 bits per heavy atom. The molecule has 1 aliphatic rings. The fraction of sp³-hybridized carbons (Fsp3) is 0.375. The van der Waals surface area contributed by atoms with Gasteiger partial charge in [0.1, 0.15) is 17.8 Å². The van der Waals surface area contributed by atoms with Crippen LogP contribution >= 0.6 is 0 Å². The average Bonchev–Trinajstić information content (AvgIpc) is 2.62. The third-order valence-electron chi connectivity index (χ3n) is 4.04. The molecule has 6 nitrogen and oxygen atoms in total. The minimum Gasteiger partial charge on any atom is -0.356 e. The Bertz CT molecular complexity index is 713. The van der Waals surface area contributed by atoms with Crippen molar-refractivity contribution in [3.8, 4) is 0 Å². The molecule has 0 bridgehead atoms. The molecule has 132 valence electrons. The van der Waals surface area contributed by atoms with Crippen LogP contribution in [-0.4, -0.2) is 40.0 Å². The Kier molecular flexibility index (Phi) is 4.82. The molecule has 1 aliphatic heterocycles. The number of carbonyl (C=O) groups excluding carboxylic acids is 1. The molecule has 1 fully saturated rings. The van der Waals surface area contributed by atoms with E-state index < -0.39 is 11.7 Å². The highest BCUT2D eigenvalue weighted by molar-refractivity contribution is 5.92. The van der Waals surface area contributed by atoms with Gasteiger partial charge in [0.2, 0.25) is 0 Å². The Morgan fingerprint density at radius 2 is 1.92 bits per heavy atom. The summed E-state index contributed by atoms with van der Waals surface area (Å²) in [6.07, 6.45) is 0.635. The second-order valence-corrected chi connectivity index (χ2v) is 5.73. The molecule has 0 aliphatic carbocycles. The Labute approximate surface area is 142 Å². The van der Waals surface area contributed by atoms with E-state index in [1.807, 2.05) is 4.90 Å². The van der Waals surface area contributed by atoms with Crippen molar-refractivity contribution >= 4 is 11.7 Å². The van der Waals surface area contributed by atoms with Gasteiger partial charge in [-0.1, -0.05) is 0 Å². The molecule has 0 aromatic carbocycles. The summed E-state index contributed by atoms with van der Waals surface area (Å²) in [5.74, 6) is 0.252. The predicted molar refractivity (Wildman–Crippen MR) is 84.0 cm³/mol. The summed E-state index contributed by atoms with van der Waals surface area (Å²) in [7, 11) is 0. The summed E-state index contributed by atoms with van der Waals surface area (Å²) in [6, 6.07) is 3.94. The number of rotatable bonds is 3. The van der Waals surface area contributed by atoms with Crippen molar-refractivity contribution in [1.82, 2.24) is 20.3 Å². The summed E-state index contributed by atoms with van der Waals surface area (Å²) >= 11 is 0. The molecule has 3 rings (SSSR count). The molecule has 2 aromatic heterocycles. The summed E-state index contributed by atoms with van der Waals surface area (Å²) in [6.45, 7) is 1.21. The van der Waals surface area contributed by atoms with Gasteiger partial charge in [0.05, 0.1) is 5.56 Å². The smallest absolute Gasteiger partial charge is 0.356 e. The van der Waals surface area contributed by atoms with Gasteiger partial charge >= 0.3 is 6.18 Å². The summed E-state index contributed by atoms with van der Waals surface area (Å²) in [4.78, 5) is 25.5. The number of nitrogens with zero attached hydrogens (tertiary/aromatic N) is 4. The van der Waals surface area contributed by atoms with Crippen LogP contribution in [0, 0.1) is 0 Å². The lowest BCUT2D eigenvalue weighted by Crippen LogP contribution is -2.45. The number of alkyl halides is 3. The molecule has 1 N–H and O–H groups in total. The third kappa shape index (κ3) is 4.23. The molecule has 0 unspecified atom stereocenters. The van der Waals surface area contributed by atoms with Crippen LogP contribution in [0.25, 0.3) is 0 Å². The first-order valence-corrected chi connectivity index (χ1v) is 7.78. The number of halogens is 3. The number of aromatic nitrogens is 3. The van der Waals surface area contributed by atoms with E-state index in [1.54, 1.807) is 0 Å². The van der Waals surface area contributed by atoms with Gasteiger partial charge in [0.15, 0.2) is 0 Å². The van der Waals surface area contributed by atoms with Crippen molar-refractivity contribution in [1.29, 1.82) is 0 Å². The van der Waals surface area contributed by atoms with Crippen molar-refractivity contribution in [2.75, 3.05) is 18.0 Å². The number of piperidine rings is 1. The van der Waals surface area contributed by atoms with Crippen molar-refractivity contribution in [3.63, 3.8) is 0 Å². The first kappa shape index (κ1) is 17.1. The van der Waals surface area contributed by atoms with E-state index in [0.29, 0.717) is 37.4 Å². The van der Waals surface area contributed by atoms with Crippen molar-refractivity contribution < 1.29 is 18.0 Å². The lowest BCUT2D eigenvalue weighted by molar-refractivity contribution is -0.137. The largest absolute Gasteiger partial charge is 0.417 e. The molecule has 1 amide bonds. The highest BCUT2D eigenvalue weighted by Crippen LogP contribution is 2.29. The molecular weight excluding hydrogens is 335 g/mol. The lowest BCUT2D eigenvalue weighted by atomic mass is 10.0. The van der Waals surface area contributed by atoms with E-state index in [1.165, 1.54) is 24.7 Å². The van der Waals surface area contributed by atoms with Gasteiger partial charge in [0, 0.05) is 31.5 Å². The molecule has 0 atom stereocenters. The molecular formula is C16H16F3N5O. The summed E-state index contributed by atoms with van der Waals surface area (Å²) in [5, 5.41) is 2.91. The highest BCUT2D eigenvalue weighted by atomic mass is 19.4. The minimum atomic E-state index is -4.39. The number of amides is 1. The van der Waals surface area contributed by atoms with Crippen LogP contribution in [0.4, 0.5) is 19.0 Å². The fourth-order valence-corrected chi connectivity index (χ4v) is 2.68. The Hall–Kier alpha value is -2.71. The van der Waals surface area contributed by atoms with Crippen LogP contribution in [0.1, 0.15) is 28.9 Å². The van der Waals surface area contributed by atoms with Crippen LogP contribution < -0.4 is 10.2 Å². The van der Waals surface area contributed by atoms with E-state index in [9.17, 15) is 18.0 Å². The van der Waals surface area contributed by atoms with Crippen LogP contribution in [0.3, 0.4) is 0 Å². The quantitative estimate of drug-likeness (QED) is 0.919. The maximum atomic E-state index is 12.6. The second kappa shape index (κ2) is 7.04. The third-order valence-corrected chi connectivity index (χ3v) is 4.04. The summed E-state index contributed by atoms with van der Waals surface area (Å²) in [5.41, 5.74) is -0.454. The van der Waals surface area contributed by atoms with Gasteiger partial charge in [-0.05, 0) is 31.0 Å². The molecule has 0 spiro atoms. The topological polar surface area (TPSA) is 71.0 Å². The average molecular weight is 351 g/mol. The molecule has 1 saturated heterocycles. The predicted octanol–water partition coefficient (Wildman–Crippen LogP) is 2.29. The highest BCUT2D eigenvalue weighted by Gasteiger charge is 2.31. The monoisotopic (exact) mass is 351 g/mol. The van der Waals surface area contributed by atoms with E-state index in [0.717, 1.165) is 12.3 Å². The van der Waals surface area contributed by atoms with E-state index in [2.05, 4.69) is 20.3 Å². The molecule has 0 radical (unpaired) electrons. The number of pyridine rings is 1. The molecule has 2 aromatic rings. The van der Waals surface area contributed by atoms with Crippen molar-refractivity contribution in [3.05, 3.63) is 48.2 Å². The standard InChI is InChI=1S/C16H16F3N5O/c17-16(18,19)11-1-2-14(21-9-11)24-7-4-12(5-8-24)23-15(25)13-3-6-20-10-22-13/h1-3,6,9-10,12H,4-5,7-8H2,(H,23,25). The van der Waals surface area contributed by atoms with Crippen LogP contribution in [0.2, 0.25) is 0 Å². The number of anilines is 1. The zero-order chi connectivity index (χ0) is 17.9. The zero-order valence-corrected chi connectivity index (χ0v) is 13.2. The van der Waals surface area contributed by atoms with E-state index >= 15 is 0 Å². The lowest BCUT2D eigenvalue weighted by Gasteiger charge is -2.33. The first-order valence-electron chi connectivity index (χ1n) is 7.78. The van der Waals surface area contributed by atoms with Crippen LogP contribution in [0.5, 0.6) is 0 Å². The van der Waals surface area contributed by atoms with E-state index in [4.69, 9.17) is 0 Å². The maximum absolute atomic E-state index is 12.6. The number of nitrogens with one attached hydrogen (secondary N) is 1. The second-order valence-electron chi connectivity index (χ2n) is 5.73.